The van der Waals surface area contributed by atoms with E-state index in [0.717, 1.165) is 5.56 Å². The summed E-state index contributed by atoms with van der Waals surface area (Å²) in [7, 11) is 0. The topological polar surface area (TPSA) is 60.2 Å². The lowest BCUT2D eigenvalue weighted by molar-refractivity contribution is 0.0812. The number of rotatable bonds is 3. The molecule has 4 rings (SSSR count). The number of halogens is 1. The van der Waals surface area contributed by atoms with E-state index in [1.165, 1.54) is 0 Å². The van der Waals surface area contributed by atoms with E-state index in [9.17, 15) is 9.59 Å². The van der Waals surface area contributed by atoms with Crippen LogP contribution in [0.3, 0.4) is 0 Å². The highest BCUT2D eigenvalue weighted by atomic mass is 35.5. The smallest absolute Gasteiger partial charge is 0.255 e. The Morgan fingerprint density at radius 1 is 0.875 bits per heavy atom. The van der Waals surface area contributed by atoms with Crippen molar-refractivity contribution in [2.24, 2.45) is 0 Å². The molecule has 0 saturated heterocycles. The second-order valence-electron chi connectivity index (χ2n) is 5.62. The van der Waals surface area contributed by atoms with Crippen LogP contribution in [-0.2, 0) is 12.8 Å². The molecule has 0 N–H and O–H groups in total. The largest absolute Gasteiger partial charge is 0.440 e. The lowest BCUT2D eigenvalue weighted by Gasteiger charge is -2.10. The second-order valence-corrected chi connectivity index (χ2v) is 6.05. The van der Waals surface area contributed by atoms with Gasteiger partial charge in [0.15, 0.2) is 17.3 Å². The Balaban J connectivity index is 1.65. The first-order valence-corrected chi connectivity index (χ1v) is 7.94. The number of carbonyl (C=O) groups is 2. The maximum Gasteiger partial charge on any atom is 0.255 e. The van der Waals surface area contributed by atoms with Crippen molar-refractivity contribution in [3.8, 4) is 11.3 Å². The van der Waals surface area contributed by atoms with E-state index in [4.69, 9.17) is 16.0 Å². The summed E-state index contributed by atoms with van der Waals surface area (Å²) in [6.45, 7) is 0. The molecule has 0 bridgehead atoms. The molecule has 2 aromatic carbocycles. The van der Waals surface area contributed by atoms with Gasteiger partial charge in [-0.25, -0.2) is 4.98 Å². The van der Waals surface area contributed by atoms with E-state index in [-0.39, 0.29) is 5.69 Å². The number of aryl methyl sites for hydroxylation is 2. The van der Waals surface area contributed by atoms with Gasteiger partial charge >= 0.3 is 0 Å². The van der Waals surface area contributed by atoms with Crippen LogP contribution in [0.25, 0.3) is 11.3 Å². The average Bonchev–Trinajstić information content (AvgIpc) is 3.04. The Kier molecular flexibility index (Phi) is 3.54. The quantitative estimate of drug-likeness (QED) is 0.673. The van der Waals surface area contributed by atoms with Crippen LogP contribution in [-0.4, -0.2) is 16.6 Å². The van der Waals surface area contributed by atoms with Crippen molar-refractivity contribution in [2.75, 3.05) is 0 Å². The van der Waals surface area contributed by atoms with Crippen molar-refractivity contribution in [3.63, 3.8) is 0 Å². The van der Waals surface area contributed by atoms with E-state index < -0.39 is 11.6 Å². The third-order valence-corrected chi connectivity index (χ3v) is 4.30. The van der Waals surface area contributed by atoms with Crippen molar-refractivity contribution in [2.45, 2.75) is 12.8 Å². The Bertz CT molecular complexity index is 957. The first-order chi connectivity index (χ1) is 11.6. The maximum atomic E-state index is 12.2. The summed E-state index contributed by atoms with van der Waals surface area (Å²) in [5.74, 6) is -0.296. The molecule has 0 spiro atoms. The van der Waals surface area contributed by atoms with Gasteiger partial charge < -0.3 is 4.42 Å². The molecule has 0 amide bonds. The molecule has 1 aromatic heterocycles. The number of fused-ring (bicyclic) bond motifs is 3. The lowest BCUT2D eigenvalue weighted by Crippen LogP contribution is -2.20. The number of nitrogens with zero attached hydrogens (tertiary/aromatic N) is 1. The Morgan fingerprint density at radius 2 is 1.58 bits per heavy atom. The fourth-order valence-corrected chi connectivity index (χ4v) is 2.95. The van der Waals surface area contributed by atoms with E-state index in [0.29, 0.717) is 40.6 Å². The molecular formula is C19H12ClNO3. The zero-order valence-electron chi connectivity index (χ0n) is 12.6. The Morgan fingerprint density at radius 3 is 2.33 bits per heavy atom. The molecule has 4 nitrogen and oxygen atoms in total. The molecule has 1 heterocycles. The van der Waals surface area contributed by atoms with Crippen molar-refractivity contribution in [3.05, 3.63) is 76.3 Å². The van der Waals surface area contributed by atoms with Gasteiger partial charge in [0.2, 0.25) is 5.78 Å². The number of hydrogen-bond acceptors (Lipinski definition) is 4. The zero-order chi connectivity index (χ0) is 16.7. The number of carbonyl (C=O) groups excluding carboxylic acids is 2. The predicted octanol–water partition coefficient (Wildman–Crippen LogP) is 4.16. The molecule has 1 aliphatic rings. The summed E-state index contributed by atoms with van der Waals surface area (Å²) in [4.78, 5) is 28.6. The number of Topliss-reactive ketones (excluding diaryl/α,β-unsaturated/α-hetero) is 2. The predicted molar refractivity (Wildman–Crippen MR) is 89.5 cm³/mol. The normalized spacial score (nSPS) is 12.9. The van der Waals surface area contributed by atoms with Gasteiger partial charge in [0.1, 0.15) is 0 Å². The summed E-state index contributed by atoms with van der Waals surface area (Å²) < 4.78 is 5.79. The molecule has 5 heteroatoms. The van der Waals surface area contributed by atoms with Crippen LogP contribution in [0, 0.1) is 0 Å². The van der Waals surface area contributed by atoms with E-state index >= 15 is 0 Å². The second kappa shape index (κ2) is 5.73. The number of ketones is 2. The number of hydrogen-bond donors (Lipinski definition) is 0. The Labute approximate surface area is 143 Å². The summed E-state index contributed by atoms with van der Waals surface area (Å²) in [5, 5.41) is 0.686. The fourth-order valence-electron chi connectivity index (χ4n) is 2.82. The average molecular weight is 338 g/mol. The first-order valence-electron chi connectivity index (χ1n) is 7.56. The number of aromatic nitrogens is 1. The molecule has 0 saturated carbocycles. The van der Waals surface area contributed by atoms with Crippen LogP contribution < -0.4 is 0 Å². The minimum absolute atomic E-state index is 0.116. The van der Waals surface area contributed by atoms with Gasteiger partial charge in [0, 0.05) is 22.6 Å². The monoisotopic (exact) mass is 337 g/mol. The van der Waals surface area contributed by atoms with E-state index in [1.54, 1.807) is 18.2 Å². The van der Waals surface area contributed by atoms with Gasteiger partial charge in [-0.15, -0.1) is 0 Å². The summed E-state index contributed by atoms with van der Waals surface area (Å²) in [6.07, 6.45) is 1.25. The van der Waals surface area contributed by atoms with Crippen LogP contribution in [0.1, 0.15) is 32.3 Å². The Hall–Kier alpha value is -2.72. The molecule has 0 radical (unpaired) electrons. The SMILES string of the molecule is O=C1C(=O)c2nc(CCc3ccc(Cl)cc3)oc2-c2ccccc21. The lowest BCUT2D eigenvalue weighted by atomic mass is 9.91. The van der Waals surface area contributed by atoms with Gasteiger partial charge in [-0.3, -0.25) is 9.59 Å². The standard InChI is InChI=1S/C19H12ClNO3/c20-12-8-5-11(6-9-12)7-10-15-21-16-18(23)17(22)13-3-1-2-4-14(13)19(16)24-15/h1-6,8-9H,7,10H2. The van der Waals surface area contributed by atoms with Crippen molar-refractivity contribution in [1.29, 1.82) is 0 Å². The summed E-state index contributed by atoms with van der Waals surface area (Å²) >= 11 is 5.87. The van der Waals surface area contributed by atoms with Gasteiger partial charge in [-0.2, -0.15) is 0 Å². The molecule has 0 unspecified atom stereocenters. The van der Waals surface area contributed by atoms with Crippen LogP contribution in [0.2, 0.25) is 5.02 Å². The molecule has 24 heavy (non-hydrogen) atoms. The highest BCUT2D eigenvalue weighted by molar-refractivity contribution is 6.52. The van der Waals surface area contributed by atoms with Crippen LogP contribution >= 0.6 is 11.6 Å². The van der Waals surface area contributed by atoms with Gasteiger partial charge in [0.05, 0.1) is 0 Å². The molecule has 1 aliphatic carbocycles. The van der Waals surface area contributed by atoms with Crippen molar-refractivity contribution in [1.82, 2.24) is 4.98 Å². The molecular weight excluding hydrogens is 326 g/mol. The molecule has 0 aliphatic heterocycles. The highest BCUT2D eigenvalue weighted by Crippen LogP contribution is 2.34. The molecule has 118 valence electrons. The van der Waals surface area contributed by atoms with Crippen LogP contribution in [0.5, 0.6) is 0 Å². The van der Waals surface area contributed by atoms with Crippen LogP contribution in [0.15, 0.2) is 52.9 Å². The van der Waals surface area contributed by atoms with E-state index in [2.05, 4.69) is 4.98 Å². The molecule has 0 atom stereocenters. The van der Waals surface area contributed by atoms with Crippen LogP contribution in [0.4, 0.5) is 0 Å². The third kappa shape index (κ3) is 2.45. The first kappa shape index (κ1) is 14.8. The molecule has 3 aromatic rings. The fraction of sp³-hybridized carbons (Fsp3) is 0.105. The molecule has 0 fully saturated rings. The third-order valence-electron chi connectivity index (χ3n) is 4.05. The number of benzene rings is 2. The van der Waals surface area contributed by atoms with Crippen molar-refractivity contribution >= 4 is 23.2 Å². The maximum absolute atomic E-state index is 12.2. The minimum atomic E-state index is -0.606. The van der Waals surface area contributed by atoms with Gasteiger partial charge in [-0.1, -0.05) is 48.0 Å². The highest BCUT2D eigenvalue weighted by Gasteiger charge is 2.34. The van der Waals surface area contributed by atoms with Crippen molar-refractivity contribution < 1.29 is 14.0 Å². The number of oxazole rings is 1. The van der Waals surface area contributed by atoms with Gasteiger partial charge in [-0.05, 0) is 24.1 Å². The minimum Gasteiger partial charge on any atom is -0.440 e. The summed E-state index contributed by atoms with van der Waals surface area (Å²) in [6, 6.07) is 14.5. The van der Waals surface area contributed by atoms with Gasteiger partial charge in [0.25, 0.3) is 5.78 Å². The zero-order valence-corrected chi connectivity index (χ0v) is 13.3. The summed E-state index contributed by atoms with van der Waals surface area (Å²) in [5.41, 5.74) is 2.21. The van der Waals surface area contributed by atoms with E-state index in [1.807, 2.05) is 30.3 Å².